The van der Waals surface area contributed by atoms with Crippen LogP contribution in [0.5, 0.6) is 0 Å². The van der Waals surface area contributed by atoms with Gasteiger partial charge in [-0.05, 0) is 41.3 Å². The molecule has 26 heavy (non-hydrogen) atoms. The molecule has 3 heterocycles. The Morgan fingerprint density at radius 3 is 2.62 bits per heavy atom. The molecule has 2 aromatic heterocycles. The summed E-state index contributed by atoms with van der Waals surface area (Å²) in [6, 6.07) is 20.9. The van der Waals surface area contributed by atoms with E-state index in [4.69, 9.17) is 4.98 Å². The SMILES string of the molecule is Cn1cc(-c2ccc3nc4n(c3c2)C(c2ccccc2)CC4)ccc1=O. The van der Waals surface area contributed by atoms with Gasteiger partial charge in [-0.1, -0.05) is 36.4 Å². The first kappa shape index (κ1) is 15.1. The molecule has 1 aliphatic rings. The second-order valence-corrected chi connectivity index (χ2v) is 6.93. The van der Waals surface area contributed by atoms with Crippen molar-refractivity contribution in [1.82, 2.24) is 14.1 Å². The largest absolute Gasteiger partial charge is 0.320 e. The summed E-state index contributed by atoms with van der Waals surface area (Å²) in [5.74, 6) is 1.16. The van der Waals surface area contributed by atoms with Crippen LogP contribution in [0.1, 0.15) is 23.9 Å². The van der Waals surface area contributed by atoms with E-state index in [2.05, 4.69) is 53.1 Å². The van der Waals surface area contributed by atoms with Crippen LogP contribution < -0.4 is 5.56 Å². The minimum atomic E-state index is 0.00390. The summed E-state index contributed by atoms with van der Waals surface area (Å²) in [5.41, 5.74) is 5.68. The number of aromatic nitrogens is 3. The first-order valence-electron chi connectivity index (χ1n) is 8.93. The highest BCUT2D eigenvalue weighted by molar-refractivity contribution is 5.83. The fourth-order valence-electron chi connectivity index (χ4n) is 4.00. The number of hydrogen-bond donors (Lipinski definition) is 0. The summed E-state index contributed by atoms with van der Waals surface area (Å²) in [6.45, 7) is 0. The van der Waals surface area contributed by atoms with Gasteiger partial charge in [-0.25, -0.2) is 4.98 Å². The average Bonchev–Trinajstić information content (AvgIpc) is 3.23. The number of benzene rings is 2. The molecule has 4 heteroatoms. The first-order valence-corrected chi connectivity index (χ1v) is 8.93. The number of hydrogen-bond acceptors (Lipinski definition) is 2. The van der Waals surface area contributed by atoms with Crippen molar-refractivity contribution in [3.8, 4) is 11.1 Å². The molecule has 128 valence electrons. The van der Waals surface area contributed by atoms with Gasteiger partial charge in [-0.2, -0.15) is 0 Å². The minimum absolute atomic E-state index is 0.00390. The van der Waals surface area contributed by atoms with Gasteiger partial charge in [0.1, 0.15) is 5.82 Å². The summed E-state index contributed by atoms with van der Waals surface area (Å²) >= 11 is 0. The number of nitrogens with zero attached hydrogens (tertiary/aromatic N) is 3. The Kier molecular flexibility index (Phi) is 3.32. The van der Waals surface area contributed by atoms with Gasteiger partial charge in [0.15, 0.2) is 0 Å². The molecule has 2 aromatic carbocycles. The van der Waals surface area contributed by atoms with E-state index in [0.717, 1.165) is 40.8 Å². The number of rotatable bonds is 2. The van der Waals surface area contributed by atoms with Gasteiger partial charge >= 0.3 is 0 Å². The topological polar surface area (TPSA) is 39.8 Å². The number of pyridine rings is 1. The Bertz CT molecular complexity index is 1170. The molecule has 0 saturated heterocycles. The van der Waals surface area contributed by atoms with Crippen molar-refractivity contribution >= 4 is 11.0 Å². The Balaban J connectivity index is 1.67. The summed E-state index contributed by atoms with van der Waals surface area (Å²) in [7, 11) is 1.78. The molecule has 4 nitrogen and oxygen atoms in total. The first-order chi connectivity index (χ1) is 12.7. The molecule has 0 bridgehead atoms. The van der Waals surface area contributed by atoms with Gasteiger partial charge < -0.3 is 9.13 Å². The smallest absolute Gasteiger partial charge is 0.250 e. The predicted octanol–water partition coefficient (Wildman–Crippen LogP) is 3.94. The van der Waals surface area contributed by atoms with Crippen LogP contribution in [-0.2, 0) is 13.5 Å². The lowest BCUT2D eigenvalue weighted by Gasteiger charge is -2.15. The van der Waals surface area contributed by atoms with E-state index in [0.29, 0.717) is 6.04 Å². The molecule has 0 saturated carbocycles. The molecule has 0 aliphatic carbocycles. The fourth-order valence-corrected chi connectivity index (χ4v) is 4.00. The normalized spacial score (nSPS) is 16.1. The lowest BCUT2D eigenvalue weighted by molar-refractivity contribution is 0.637. The molecule has 1 aliphatic heterocycles. The monoisotopic (exact) mass is 341 g/mol. The third-order valence-electron chi connectivity index (χ3n) is 5.32. The summed E-state index contributed by atoms with van der Waals surface area (Å²) < 4.78 is 4.00. The average molecular weight is 341 g/mol. The lowest BCUT2D eigenvalue weighted by Crippen LogP contribution is -2.13. The van der Waals surface area contributed by atoms with E-state index in [1.165, 1.54) is 5.56 Å². The van der Waals surface area contributed by atoms with Gasteiger partial charge in [0.05, 0.1) is 17.1 Å². The molecule has 0 radical (unpaired) electrons. The summed E-state index contributed by atoms with van der Waals surface area (Å²) in [6.07, 6.45) is 3.98. The zero-order valence-electron chi connectivity index (χ0n) is 14.6. The van der Waals surface area contributed by atoms with E-state index in [1.54, 1.807) is 17.7 Å². The molecule has 0 spiro atoms. The van der Waals surface area contributed by atoms with Crippen molar-refractivity contribution < 1.29 is 0 Å². The molecule has 0 fully saturated rings. The van der Waals surface area contributed by atoms with Crippen molar-refractivity contribution in [3.63, 3.8) is 0 Å². The van der Waals surface area contributed by atoms with E-state index in [9.17, 15) is 4.79 Å². The maximum atomic E-state index is 11.7. The molecule has 0 N–H and O–H groups in total. The summed E-state index contributed by atoms with van der Waals surface area (Å²) in [4.78, 5) is 16.5. The standard InChI is InChI=1S/C22H19N3O/c1-24-14-17(8-12-22(24)26)16-7-9-18-20(13-16)25-19(10-11-21(25)23-18)15-5-3-2-4-6-15/h2-9,12-14,19H,10-11H2,1H3. The van der Waals surface area contributed by atoms with Crippen LogP contribution in [0, 0.1) is 0 Å². The number of aryl methyl sites for hydroxylation is 2. The van der Waals surface area contributed by atoms with Crippen molar-refractivity contribution in [1.29, 1.82) is 0 Å². The van der Waals surface area contributed by atoms with Crippen LogP contribution >= 0.6 is 0 Å². The maximum Gasteiger partial charge on any atom is 0.250 e. The highest BCUT2D eigenvalue weighted by Crippen LogP contribution is 2.36. The Morgan fingerprint density at radius 1 is 1.00 bits per heavy atom. The Morgan fingerprint density at radius 2 is 1.81 bits per heavy atom. The van der Waals surface area contributed by atoms with Crippen LogP contribution in [0.15, 0.2) is 71.7 Å². The van der Waals surface area contributed by atoms with E-state index in [-0.39, 0.29) is 5.56 Å². The van der Waals surface area contributed by atoms with E-state index >= 15 is 0 Å². The third-order valence-corrected chi connectivity index (χ3v) is 5.32. The highest BCUT2D eigenvalue weighted by atomic mass is 16.1. The van der Waals surface area contributed by atoms with Crippen molar-refractivity contribution in [2.75, 3.05) is 0 Å². The Labute approximate surface area is 151 Å². The molecule has 5 rings (SSSR count). The quantitative estimate of drug-likeness (QED) is 0.554. The van der Waals surface area contributed by atoms with E-state index < -0.39 is 0 Å². The minimum Gasteiger partial charge on any atom is -0.320 e. The van der Waals surface area contributed by atoms with Gasteiger partial charge in [-0.3, -0.25) is 4.79 Å². The van der Waals surface area contributed by atoms with Gasteiger partial charge in [-0.15, -0.1) is 0 Å². The van der Waals surface area contributed by atoms with Crippen LogP contribution in [0.25, 0.3) is 22.2 Å². The third kappa shape index (κ3) is 2.30. The Hall–Kier alpha value is -3.14. The molecule has 1 unspecified atom stereocenters. The maximum absolute atomic E-state index is 11.7. The highest BCUT2D eigenvalue weighted by Gasteiger charge is 2.27. The number of imidazole rings is 1. The molecular weight excluding hydrogens is 322 g/mol. The van der Waals surface area contributed by atoms with Gasteiger partial charge in [0.25, 0.3) is 0 Å². The van der Waals surface area contributed by atoms with Gasteiger partial charge in [0, 0.05) is 25.7 Å². The van der Waals surface area contributed by atoms with Gasteiger partial charge in [0.2, 0.25) is 5.56 Å². The van der Waals surface area contributed by atoms with Crippen LogP contribution in [0.3, 0.4) is 0 Å². The van der Waals surface area contributed by atoms with Crippen molar-refractivity contribution in [2.45, 2.75) is 18.9 Å². The lowest BCUT2D eigenvalue weighted by atomic mass is 10.0. The molecule has 1 atom stereocenters. The molecule has 4 aromatic rings. The second kappa shape index (κ2) is 5.70. The fraction of sp³-hybridized carbons (Fsp3) is 0.182. The second-order valence-electron chi connectivity index (χ2n) is 6.93. The zero-order chi connectivity index (χ0) is 17.7. The van der Waals surface area contributed by atoms with Crippen molar-refractivity contribution in [2.24, 2.45) is 7.05 Å². The zero-order valence-corrected chi connectivity index (χ0v) is 14.6. The molecule has 0 amide bonds. The summed E-state index contributed by atoms with van der Waals surface area (Å²) in [5, 5.41) is 0. The van der Waals surface area contributed by atoms with Crippen molar-refractivity contribution in [3.05, 3.63) is 88.6 Å². The van der Waals surface area contributed by atoms with Crippen LogP contribution in [0.2, 0.25) is 0 Å². The van der Waals surface area contributed by atoms with Crippen LogP contribution in [0.4, 0.5) is 0 Å². The van der Waals surface area contributed by atoms with Crippen LogP contribution in [-0.4, -0.2) is 14.1 Å². The van der Waals surface area contributed by atoms with E-state index in [1.807, 2.05) is 12.3 Å². The molecular formula is C22H19N3O. The predicted molar refractivity (Wildman–Crippen MR) is 103 cm³/mol. The number of fused-ring (bicyclic) bond motifs is 3.